The first kappa shape index (κ1) is 9.43. The number of nitrogens with one attached hydrogen (secondary N) is 1. The fraction of sp³-hybridized carbons (Fsp3) is 0.333. The number of benzene rings is 1. The van der Waals surface area contributed by atoms with Crippen molar-refractivity contribution in [1.82, 2.24) is 4.98 Å². The van der Waals surface area contributed by atoms with Crippen LogP contribution < -0.4 is 0 Å². The second-order valence-corrected chi connectivity index (χ2v) is 5.23. The molecule has 0 aliphatic heterocycles. The molecule has 2 nitrogen and oxygen atoms in total. The third-order valence-electron chi connectivity index (χ3n) is 3.10. The topological polar surface area (TPSA) is 36.0 Å². The third-order valence-corrected chi connectivity index (χ3v) is 3.75. The SMILES string of the molecule is OC1(Cc2cccc3c(Br)c[nH]c23)CC1. The molecule has 0 radical (unpaired) electrons. The molecular formula is C12H12BrNO. The van der Waals surface area contributed by atoms with Crippen LogP contribution in [0.25, 0.3) is 10.9 Å². The van der Waals surface area contributed by atoms with E-state index in [1.54, 1.807) is 0 Å². The first-order valence-electron chi connectivity index (χ1n) is 5.15. The summed E-state index contributed by atoms with van der Waals surface area (Å²) in [5.41, 5.74) is 1.93. The minimum Gasteiger partial charge on any atom is -0.390 e. The monoisotopic (exact) mass is 265 g/mol. The molecule has 0 unspecified atom stereocenters. The van der Waals surface area contributed by atoms with Crippen molar-refractivity contribution in [2.75, 3.05) is 0 Å². The standard InChI is InChI=1S/C12H12BrNO/c13-10-7-14-11-8(2-1-3-9(10)11)6-12(15)4-5-12/h1-3,7,14-15H,4-6H2. The van der Waals surface area contributed by atoms with E-state index in [2.05, 4.69) is 33.0 Å². The molecule has 1 aromatic heterocycles. The third kappa shape index (κ3) is 1.60. The predicted octanol–water partition coefficient (Wildman–Crippen LogP) is 3.00. The predicted molar refractivity (Wildman–Crippen MR) is 63.9 cm³/mol. The van der Waals surface area contributed by atoms with Gasteiger partial charge < -0.3 is 10.1 Å². The Bertz CT molecular complexity index is 513. The molecule has 0 amide bonds. The molecule has 1 aliphatic rings. The second-order valence-electron chi connectivity index (χ2n) is 4.38. The maximum Gasteiger partial charge on any atom is 0.0690 e. The molecule has 2 aromatic rings. The quantitative estimate of drug-likeness (QED) is 0.861. The van der Waals surface area contributed by atoms with Gasteiger partial charge in [-0.1, -0.05) is 18.2 Å². The van der Waals surface area contributed by atoms with Crippen molar-refractivity contribution in [3.63, 3.8) is 0 Å². The van der Waals surface area contributed by atoms with Crippen LogP contribution >= 0.6 is 15.9 Å². The molecule has 3 rings (SSSR count). The highest BCUT2D eigenvalue weighted by Crippen LogP contribution is 2.39. The Balaban J connectivity index is 2.09. The van der Waals surface area contributed by atoms with E-state index in [1.807, 2.05) is 12.3 Å². The van der Waals surface area contributed by atoms with Crippen LogP contribution in [0.4, 0.5) is 0 Å². The summed E-state index contributed by atoms with van der Waals surface area (Å²) in [6.07, 6.45) is 4.58. The van der Waals surface area contributed by atoms with Crippen LogP contribution in [0, 0.1) is 0 Å². The highest BCUT2D eigenvalue weighted by atomic mass is 79.9. The molecule has 0 bridgehead atoms. The lowest BCUT2D eigenvalue weighted by atomic mass is 10.0. The number of H-pyrrole nitrogens is 1. The lowest BCUT2D eigenvalue weighted by Gasteiger charge is -2.08. The number of aromatic amines is 1. The zero-order valence-electron chi connectivity index (χ0n) is 8.26. The van der Waals surface area contributed by atoms with Crippen LogP contribution in [0.15, 0.2) is 28.9 Å². The van der Waals surface area contributed by atoms with Crippen molar-refractivity contribution >= 4 is 26.8 Å². The molecule has 15 heavy (non-hydrogen) atoms. The van der Waals surface area contributed by atoms with Gasteiger partial charge in [0.25, 0.3) is 0 Å². The lowest BCUT2D eigenvalue weighted by molar-refractivity contribution is 0.151. The van der Waals surface area contributed by atoms with Crippen LogP contribution in [-0.2, 0) is 6.42 Å². The van der Waals surface area contributed by atoms with E-state index in [4.69, 9.17) is 0 Å². The molecule has 3 heteroatoms. The van der Waals surface area contributed by atoms with Gasteiger partial charge in [0.05, 0.1) is 5.60 Å². The number of aliphatic hydroxyl groups is 1. The molecule has 1 aromatic carbocycles. The Morgan fingerprint density at radius 1 is 1.40 bits per heavy atom. The molecule has 2 N–H and O–H groups in total. The van der Waals surface area contributed by atoms with Crippen LogP contribution in [0.3, 0.4) is 0 Å². The van der Waals surface area contributed by atoms with Gasteiger partial charge in [-0.3, -0.25) is 0 Å². The Morgan fingerprint density at radius 3 is 2.93 bits per heavy atom. The Labute approximate surface area is 96.4 Å². The van der Waals surface area contributed by atoms with E-state index in [9.17, 15) is 5.11 Å². The fourth-order valence-electron chi connectivity index (χ4n) is 2.01. The zero-order chi connectivity index (χ0) is 10.5. The van der Waals surface area contributed by atoms with Crippen molar-refractivity contribution in [1.29, 1.82) is 0 Å². The fourth-order valence-corrected chi connectivity index (χ4v) is 2.45. The van der Waals surface area contributed by atoms with E-state index in [0.717, 1.165) is 29.3 Å². The molecule has 1 fully saturated rings. The number of rotatable bonds is 2. The van der Waals surface area contributed by atoms with E-state index in [1.165, 1.54) is 10.9 Å². The summed E-state index contributed by atoms with van der Waals surface area (Å²) < 4.78 is 1.09. The number of hydrogen-bond acceptors (Lipinski definition) is 1. The maximum atomic E-state index is 9.92. The van der Waals surface area contributed by atoms with E-state index in [0.29, 0.717) is 0 Å². The molecule has 0 saturated heterocycles. The van der Waals surface area contributed by atoms with E-state index < -0.39 is 5.60 Å². The lowest BCUT2D eigenvalue weighted by Crippen LogP contribution is -2.10. The Kier molecular flexibility index (Phi) is 1.94. The number of hydrogen-bond donors (Lipinski definition) is 2. The van der Waals surface area contributed by atoms with Gasteiger partial charge >= 0.3 is 0 Å². The van der Waals surface area contributed by atoms with Crippen LogP contribution in [0.5, 0.6) is 0 Å². The first-order chi connectivity index (χ1) is 7.18. The molecule has 1 aliphatic carbocycles. The molecule has 1 heterocycles. The number of halogens is 1. The van der Waals surface area contributed by atoms with Gasteiger partial charge in [0, 0.05) is 28.0 Å². The molecule has 0 spiro atoms. The van der Waals surface area contributed by atoms with Gasteiger partial charge in [0.2, 0.25) is 0 Å². The highest BCUT2D eigenvalue weighted by Gasteiger charge is 2.40. The van der Waals surface area contributed by atoms with Gasteiger partial charge in [-0.15, -0.1) is 0 Å². The first-order valence-corrected chi connectivity index (χ1v) is 5.94. The van der Waals surface area contributed by atoms with Gasteiger partial charge in [-0.2, -0.15) is 0 Å². The van der Waals surface area contributed by atoms with Gasteiger partial charge in [-0.25, -0.2) is 0 Å². The van der Waals surface area contributed by atoms with Crippen molar-refractivity contribution in [3.05, 3.63) is 34.4 Å². The summed E-state index contributed by atoms with van der Waals surface area (Å²) in [7, 11) is 0. The number of aromatic nitrogens is 1. The van der Waals surface area contributed by atoms with Gasteiger partial charge in [0.1, 0.15) is 0 Å². The van der Waals surface area contributed by atoms with Crippen molar-refractivity contribution < 1.29 is 5.11 Å². The van der Waals surface area contributed by atoms with Gasteiger partial charge in [-0.05, 0) is 34.3 Å². The molecule has 0 atom stereocenters. The Morgan fingerprint density at radius 2 is 2.20 bits per heavy atom. The largest absolute Gasteiger partial charge is 0.390 e. The summed E-state index contributed by atoms with van der Waals surface area (Å²) in [5.74, 6) is 0. The van der Waals surface area contributed by atoms with Crippen molar-refractivity contribution in [3.8, 4) is 0 Å². The Hall–Kier alpha value is -0.800. The maximum absolute atomic E-state index is 9.92. The van der Waals surface area contributed by atoms with Crippen molar-refractivity contribution in [2.45, 2.75) is 24.9 Å². The minimum absolute atomic E-state index is 0.425. The highest BCUT2D eigenvalue weighted by molar-refractivity contribution is 9.10. The van der Waals surface area contributed by atoms with Crippen LogP contribution in [-0.4, -0.2) is 15.7 Å². The molecule has 78 valence electrons. The summed E-state index contributed by atoms with van der Waals surface area (Å²) in [5, 5.41) is 11.1. The molecular weight excluding hydrogens is 254 g/mol. The summed E-state index contributed by atoms with van der Waals surface area (Å²) in [4.78, 5) is 3.25. The average Bonchev–Trinajstić information content (AvgIpc) is 2.81. The summed E-state index contributed by atoms with van der Waals surface area (Å²) in [6.45, 7) is 0. The molecule has 1 saturated carbocycles. The van der Waals surface area contributed by atoms with Gasteiger partial charge in [0.15, 0.2) is 0 Å². The van der Waals surface area contributed by atoms with E-state index >= 15 is 0 Å². The van der Waals surface area contributed by atoms with Crippen molar-refractivity contribution in [2.24, 2.45) is 0 Å². The van der Waals surface area contributed by atoms with E-state index in [-0.39, 0.29) is 0 Å². The zero-order valence-corrected chi connectivity index (χ0v) is 9.84. The number of para-hydroxylation sites is 1. The minimum atomic E-state index is -0.425. The normalized spacial score (nSPS) is 18.3. The smallest absolute Gasteiger partial charge is 0.0690 e. The second kappa shape index (κ2) is 3.09. The van der Waals surface area contributed by atoms with Crippen LogP contribution in [0.1, 0.15) is 18.4 Å². The number of fused-ring (bicyclic) bond motifs is 1. The average molecular weight is 266 g/mol. The van der Waals surface area contributed by atoms with Crippen LogP contribution in [0.2, 0.25) is 0 Å². The summed E-state index contributed by atoms with van der Waals surface area (Å²) in [6, 6.07) is 6.21. The summed E-state index contributed by atoms with van der Waals surface area (Å²) >= 11 is 3.50.